The van der Waals surface area contributed by atoms with Crippen LogP contribution in [0.25, 0.3) is 16.9 Å². The van der Waals surface area contributed by atoms with Crippen LogP contribution in [0.4, 0.5) is 0 Å². The van der Waals surface area contributed by atoms with E-state index in [1.54, 1.807) is 24.3 Å². The Morgan fingerprint density at radius 2 is 1.96 bits per heavy atom. The molecule has 0 bridgehead atoms. The molecule has 3 rings (SSSR count). The van der Waals surface area contributed by atoms with Crippen LogP contribution in [-0.2, 0) is 15.6 Å². The van der Waals surface area contributed by atoms with E-state index in [4.69, 9.17) is 5.11 Å². The number of nitriles is 1. The zero-order chi connectivity index (χ0) is 19.6. The van der Waals surface area contributed by atoms with Gasteiger partial charge in [0.05, 0.1) is 29.1 Å². The van der Waals surface area contributed by atoms with Crippen LogP contribution in [0.2, 0.25) is 0 Å². The van der Waals surface area contributed by atoms with E-state index in [2.05, 4.69) is 16.2 Å². The number of aromatic nitrogens is 3. The molecular formula is C18H14N4O4S. The predicted molar refractivity (Wildman–Crippen MR) is 97.0 cm³/mol. The van der Waals surface area contributed by atoms with Crippen LogP contribution in [0, 0.1) is 11.3 Å². The molecule has 9 heteroatoms. The van der Waals surface area contributed by atoms with Gasteiger partial charge < -0.3 is 5.11 Å². The normalized spacial score (nSPS) is 11.1. The third kappa shape index (κ3) is 4.19. The molecule has 0 atom stereocenters. The second kappa shape index (κ2) is 7.01. The van der Waals surface area contributed by atoms with Crippen LogP contribution in [0.15, 0.2) is 48.9 Å². The number of benzene rings is 1. The maximum Gasteiger partial charge on any atom is 0.338 e. The van der Waals surface area contributed by atoms with Crippen LogP contribution in [0.3, 0.4) is 0 Å². The van der Waals surface area contributed by atoms with Crippen molar-refractivity contribution in [3.05, 3.63) is 65.6 Å². The average molecular weight is 382 g/mol. The fraction of sp³-hybridized carbons (Fsp3) is 0.111. The molecule has 136 valence electrons. The van der Waals surface area contributed by atoms with E-state index in [-0.39, 0.29) is 11.3 Å². The molecule has 0 unspecified atom stereocenters. The Bertz CT molecular complexity index is 1160. The van der Waals surface area contributed by atoms with Gasteiger partial charge in [-0.05, 0) is 11.1 Å². The molecule has 27 heavy (non-hydrogen) atoms. The molecule has 2 heterocycles. The summed E-state index contributed by atoms with van der Waals surface area (Å²) in [4.78, 5) is 15.2. The summed E-state index contributed by atoms with van der Waals surface area (Å²) in [5, 5.41) is 22.4. The molecular weight excluding hydrogens is 368 g/mol. The Labute approximate surface area is 155 Å². The summed E-state index contributed by atoms with van der Waals surface area (Å²) in [6.07, 6.45) is 5.18. The quantitative estimate of drug-likeness (QED) is 0.715. The van der Waals surface area contributed by atoms with Crippen LogP contribution in [-0.4, -0.2) is 40.5 Å². The summed E-state index contributed by atoms with van der Waals surface area (Å²) in [6, 6.07) is 10.5. The lowest BCUT2D eigenvalue weighted by atomic mass is 10.0. The number of nitrogens with zero attached hydrogens (tertiary/aromatic N) is 4. The number of pyridine rings is 1. The molecule has 0 aliphatic carbocycles. The fourth-order valence-corrected chi connectivity index (χ4v) is 3.33. The zero-order valence-electron chi connectivity index (χ0n) is 14.2. The van der Waals surface area contributed by atoms with Gasteiger partial charge in [0, 0.05) is 30.3 Å². The smallest absolute Gasteiger partial charge is 0.338 e. The van der Waals surface area contributed by atoms with E-state index in [0.717, 1.165) is 5.56 Å². The Kier molecular flexibility index (Phi) is 4.75. The summed E-state index contributed by atoms with van der Waals surface area (Å²) in [6.45, 7) is 0. The average Bonchev–Trinajstić information content (AvgIpc) is 3.11. The third-order valence-corrected chi connectivity index (χ3v) is 4.63. The van der Waals surface area contributed by atoms with Gasteiger partial charge in [-0.3, -0.25) is 0 Å². The highest BCUT2D eigenvalue weighted by molar-refractivity contribution is 7.89. The van der Waals surface area contributed by atoms with Crippen molar-refractivity contribution in [3.8, 4) is 23.0 Å². The molecule has 1 aromatic carbocycles. The third-order valence-electron chi connectivity index (χ3n) is 3.77. The van der Waals surface area contributed by atoms with Gasteiger partial charge in [0.1, 0.15) is 0 Å². The van der Waals surface area contributed by atoms with Crippen molar-refractivity contribution in [1.82, 2.24) is 14.8 Å². The summed E-state index contributed by atoms with van der Waals surface area (Å²) < 4.78 is 24.0. The minimum Gasteiger partial charge on any atom is -0.478 e. The lowest BCUT2D eigenvalue weighted by Gasteiger charge is -2.08. The summed E-state index contributed by atoms with van der Waals surface area (Å²) in [5.41, 5.74) is 2.30. The van der Waals surface area contributed by atoms with Crippen LogP contribution in [0.1, 0.15) is 21.5 Å². The lowest BCUT2D eigenvalue weighted by Crippen LogP contribution is -2.01. The van der Waals surface area contributed by atoms with Gasteiger partial charge in [-0.15, -0.1) is 0 Å². The van der Waals surface area contributed by atoms with E-state index >= 15 is 0 Å². The summed E-state index contributed by atoms with van der Waals surface area (Å²) >= 11 is 0. The first-order valence-electron chi connectivity index (χ1n) is 7.72. The van der Waals surface area contributed by atoms with Gasteiger partial charge in [-0.2, -0.15) is 10.4 Å². The van der Waals surface area contributed by atoms with Crippen molar-refractivity contribution in [1.29, 1.82) is 5.26 Å². The topological polar surface area (TPSA) is 126 Å². The second-order valence-corrected chi connectivity index (χ2v) is 8.09. The standard InChI is InChI=1S/C18H14N4O4S/c1-27(25,26)11-12-2-4-13(5-3-12)16-9-20-17(6-14(16)7-19)22-10-15(8-21-22)18(23)24/h2-6,8-10H,11H2,1H3,(H,23,24). The van der Waals surface area contributed by atoms with Crippen molar-refractivity contribution in [2.45, 2.75) is 5.75 Å². The number of carbonyl (C=O) groups is 1. The van der Waals surface area contributed by atoms with Crippen LogP contribution in [0.5, 0.6) is 0 Å². The van der Waals surface area contributed by atoms with Crippen molar-refractivity contribution in [2.75, 3.05) is 6.26 Å². The Balaban J connectivity index is 1.95. The zero-order valence-corrected chi connectivity index (χ0v) is 15.0. The predicted octanol–water partition coefficient (Wildman–Crippen LogP) is 2.05. The van der Waals surface area contributed by atoms with Gasteiger partial charge >= 0.3 is 5.97 Å². The molecule has 0 saturated carbocycles. The minimum atomic E-state index is -3.12. The van der Waals surface area contributed by atoms with Crippen molar-refractivity contribution >= 4 is 15.8 Å². The van der Waals surface area contributed by atoms with Gasteiger partial charge in [-0.1, -0.05) is 24.3 Å². The molecule has 0 fully saturated rings. The Hall–Kier alpha value is -3.51. The highest BCUT2D eigenvalue weighted by Crippen LogP contribution is 2.25. The molecule has 0 saturated heterocycles. The molecule has 0 aliphatic heterocycles. The molecule has 3 aromatic rings. The van der Waals surface area contributed by atoms with E-state index in [1.807, 2.05) is 0 Å². The van der Waals surface area contributed by atoms with E-state index in [9.17, 15) is 18.5 Å². The number of rotatable bonds is 5. The number of hydrogen-bond donors (Lipinski definition) is 1. The lowest BCUT2D eigenvalue weighted by molar-refractivity contribution is 0.0697. The molecule has 1 N–H and O–H groups in total. The monoisotopic (exact) mass is 382 g/mol. The Morgan fingerprint density at radius 3 is 2.52 bits per heavy atom. The number of aromatic carboxylic acids is 1. The van der Waals surface area contributed by atoms with Crippen LogP contribution >= 0.6 is 0 Å². The number of sulfone groups is 1. The van der Waals surface area contributed by atoms with Gasteiger partial charge in [0.2, 0.25) is 0 Å². The molecule has 2 aromatic heterocycles. The van der Waals surface area contributed by atoms with Crippen molar-refractivity contribution < 1.29 is 18.3 Å². The summed E-state index contributed by atoms with van der Waals surface area (Å²) in [5.74, 6) is -0.843. The van der Waals surface area contributed by atoms with E-state index in [0.29, 0.717) is 22.5 Å². The first-order chi connectivity index (χ1) is 12.8. The Morgan fingerprint density at radius 1 is 1.26 bits per heavy atom. The van der Waals surface area contributed by atoms with E-state index < -0.39 is 15.8 Å². The molecule has 0 aliphatic rings. The van der Waals surface area contributed by atoms with Gasteiger partial charge in [-0.25, -0.2) is 22.9 Å². The molecule has 0 amide bonds. The molecule has 0 spiro atoms. The minimum absolute atomic E-state index is 0.0147. The molecule has 8 nitrogen and oxygen atoms in total. The highest BCUT2D eigenvalue weighted by atomic mass is 32.2. The maximum absolute atomic E-state index is 11.4. The highest BCUT2D eigenvalue weighted by Gasteiger charge is 2.12. The van der Waals surface area contributed by atoms with Gasteiger partial charge in [0.15, 0.2) is 15.7 Å². The first kappa shape index (κ1) is 18.3. The first-order valence-corrected chi connectivity index (χ1v) is 9.78. The van der Waals surface area contributed by atoms with E-state index in [1.165, 1.54) is 35.6 Å². The summed E-state index contributed by atoms with van der Waals surface area (Å²) in [7, 11) is -3.12. The number of carboxylic acid groups (broad SMARTS) is 1. The molecule has 0 radical (unpaired) electrons. The maximum atomic E-state index is 11.4. The largest absolute Gasteiger partial charge is 0.478 e. The number of hydrogen-bond acceptors (Lipinski definition) is 6. The number of carboxylic acids is 1. The van der Waals surface area contributed by atoms with Crippen molar-refractivity contribution in [3.63, 3.8) is 0 Å². The van der Waals surface area contributed by atoms with Crippen molar-refractivity contribution in [2.24, 2.45) is 0 Å². The van der Waals surface area contributed by atoms with Gasteiger partial charge in [0.25, 0.3) is 0 Å². The van der Waals surface area contributed by atoms with Crippen LogP contribution < -0.4 is 0 Å². The fourth-order valence-electron chi connectivity index (χ4n) is 2.53. The SMILES string of the molecule is CS(=O)(=O)Cc1ccc(-c2cnc(-n3cc(C(=O)O)cn3)cc2C#N)cc1. The second-order valence-electron chi connectivity index (χ2n) is 5.95.